The van der Waals surface area contributed by atoms with Crippen LogP contribution in [0.5, 0.6) is 0 Å². The monoisotopic (exact) mass is 1180 g/mol. The molecule has 0 aliphatic heterocycles. The molecule has 8 nitrogen and oxygen atoms in total. The van der Waals surface area contributed by atoms with Crippen LogP contribution in [0.3, 0.4) is 0 Å². The van der Waals surface area contributed by atoms with Crippen LogP contribution < -0.4 is 19.6 Å². The van der Waals surface area contributed by atoms with Crippen LogP contribution in [0.2, 0.25) is 0 Å². The Hall–Kier alpha value is -12.7. The van der Waals surface area contributed by atoms with Crippen LogP contribution >= 0.6 is 0 Å². The molecule has 0 fully saturated rings. The van der Waals surface area contributed by atoms with Crippen molar-refractivity contribution in [2.45, 2.75) is 0 Å². The van der Waals surface area contributed by atoms with E-state index < -0.39 is 0 Å². The molecule has 0 bridgehead atoms. The van der Waals surface area contributed by atoms with E-state index in [1.54, 1.807) is 0 Å². The Morgan fingerprint density at radius 1 is 0.250 bits per heavy atom. The van der Waals surface area contributed by atoms with Crippen LogP contribution in [0.25, 0.3) is 66.1 Å². The highest BCUT2D eigenvalue weighted by atomic mass is 15.2. The zero-order valence-corrected chi connectivity index (χ0v) is 50.1. The third-order valence-electron chi connectivity index (χ3n) is 17.3. The number of nitriles is 1. The largest absolute Gasteiger partial charge is 0.310 e. The molecule has 0 radical (unpaired) electrons. The first-order chi connectivity index (χ1) is 45.6. The fourth-order valence-electron chi connectivity index (χ4n) is 13.3. The molecule has 0 aliphatic carbocycles. The average molecular weight is 1180 g/mol. The van der Waals surface area contributed by atoms with Crippen LogP contribution in [-0.2, 0) is 0 Å². The maximum absolute atomic E-state index is 12.3. The highest BCUT2D eigenvalue weighted by Gasteiger charge is 2.27. The quantitative estimate of drug-likeness (QED) is 0.102. The molecule has 92 heavy (non-hydrogen) atoms. The second-order valence-corrected chi connectivity index (χ2v) is 22.7. The number of aromatic nitrogens is 3. The first-order valence-electron chi connectivity index (χ1n) is 30.9. The van der Waals surface area contributed by atoms with Gasteiger partial charge in [0.15, 0.2) is 0 Å². The molecule has 13 aromatic carbocycles. The molecule has 0 spiro atoms. The third kappa shape index (κ3) is 9.89. The lowest BCUT2D eigenvalue weighted by Crippen LogP contribution is -2.10. The molecule has 0 saturated heterocycles. The van der Waals surface area contributed by atoms with Crippen molar-refractivity contribution in [3.8, 4) is 28.6 Å². The minimum Gasteiger partial charge on any atom is -0.310 e. The molecule has 16 rings (SSSR count). The molecule has 16 aromatic rings. The lowest BCUT2D eigenvalue weighted by atomic mass is 10.0. The number of rotatable bonds is 15. The molecular formula is C84H58N8. The van der Waals surface area contributed by atoms with Crippen LogP contribution in [-0.4, -0.2) is 14.1 Å². The van der Waals surface area contributed by atoms with Crippen molar-refractivity contribution in [2.24, 2.45) is 0 Å². The van der Waals surface area contributed by atoms with Crippen LogP contribution in [0.1, 0.15) is 5.56 Å². The molecule has 434 valence electrons. The third-order valence-corrected chi connectivity index (χ3v) is 17.3. The lowest BCUT2D eigenvalue weighted by Gasteiger charge is -2.26. The van der Waals surface area contributed by atoms with Crippen LogP contribution in [0.4, 0.5) is 68.2 Å². The van der Waals surface area contributed by atoms with Gasteiger partial charge in [-0.2, -0.15) is 5.26 Å². The van der Waals surface area contributed by atoms with Gasteiger partial charge in [-0.25, -0.2) is 0 Å². The van der Waals surface area contributed by atoms with Gasteiger partial charge in [0, 0.05) is 108 Å². The van der Waals surface area contributed by atoms with Crippen molar-refractivity contribution in [1.29, 1.82) is 5.26 Å². The van der Waals surface area contributed by atoms with Gasteiger partial charge in [0.25, 0.3) is 0 Å². The number of para-hydroxylation sites is 8. The summed E-state index contributed by atoms with van der Waals surface area (Å²) in [5.74, 6) is 0. The Balaban J connectivity index is 0.986. The number of fused-ring (bicyclic) bond motifs is 6. The van der Waals surface area contributed by atoms with E-state index in [0.29, 0.717) is 5.56 Å². The molecular weight excluding hydrogens is 1120 g/mol. The van der Waals surface area contributed by atoms with Crippen molar-refractivity contribution in [1.82, 2.24) is 14.1 Å². The summed E-state index contributed by atoms with van der Waals surface area (Å²) < 4.78 is 4.62. The van der Waals surface area contributed by atoms with Gasteiger partial charge in [-0.15, -0.1) is 0 Å². The summed E-state index contributed by atoms with van der Waals surface area (Å²) in [6.07, 6.45) is 3.72. The first kappa shape index (κ1) is 54.7. The van der Waals surface area contributed by atoms with Crippen molar-refractivity contribution in [3.63, 3.8) is 0 Å². The van der Waals surface area contributed by atoms with Gasteiger partial charge in [-0.05, 0) is 194 Å². The summed E-state index contributed by atoms with van der Waals surface area (Å²) in [6.45, 7) is 0. The van der Waals surface area contributed by atoms with E-state index in [1.807, 2.05) is 18.5 Å². The Morgan fingerprint density at radius 2 is 0.500 bits per heavy atom. The standard InChI is InChI=1S/C84H58N8/c85-58-78-83(91-79-47-43-70(87(62-27-9-1-10-28-62)63-29-11-2-12-30-63)54-74(79)75-55-71(44-48-80(75)91)88(64-31-13-3-14-32-64)65-33-15-4-16-34-65)52-61(60-26-25-51-86-59-60)53-84(78)92-81-49-45-72(89(66-35-17-5-18-36-66)67-37-19-6-20-38-67)56-76(81)77-57-73(46-50-82(77)92)90(68-39-21-7-22-40-68)69-41-23-8-24-42-69/h1-57,59H. The zero-order valence-electron chi connectivity index (χ0n) is 50.1. The number of nitrogens with zero attached hydrogens (tertiary/aromatic N) is 8. The highest BCUT2D eigenvalue weighted by Crippen LogP contribution is 2.47. The van der Waals surface area contributed by atoms with E-state index in [2.05, 4.69) is 368 Å². The smallest absolute Gasteiger partial charge is 0.104 e. The molecule has 8 heteroatoms. The van der Waals surface area contributed by atoms with Crippen molar-refractivity contribution < 1.29 is 0 Å². The molecule has 3 heterocycles. The van der Waals surface area contributed by atoms with E-state index in [1.165, 1.54) is 0 Å². The fourth-order valence-corrected chi connectivity index (χ4v) is 13.3. The van der Waals surface area contributed by atoms with E-state index >= 15 is 0 Å². The average Bonchev–Trinajstić information content (AvgIpc) is 1.62. The Kier molecular flexibility index (Phi) is 14.1. The summed E-state index contributed by atoms with van der Waals surface area (Å²) in [6, 6.07) is 123. The summed E-state index contributed by atoms with van der Waals surface area (Å²) in [7, 11) is 0. The fraction of sp³-hybridized carbons (Fsp3) is 0. The molecule has 0 unspecified atom stereocenters. The minimum absolute atomic E-state index is 0.507. The van der Waals surface area contributed by atoms with Crippen molar-refractivity contribution in [3.05, 3.63) is 358 Å². The van der Waals surface area contributed by atoms with Gasteiger partial charge in [-0.1, -0.05) is 152 Å². The summed E-state index contributed by atoms with van der Waals surface area (Å²) in [5, 5.41) is 16.4. The van der Waals surface area contributed by atoms with Gasteiger partial charge >= 0.3 is 0 Å². The maximum atomic E-state index is 12.3. The van der Waals surface area contributed by atoms with E-state index in [9.17, 15) is 5.26 Å². The van der Waals surface area contributed by atoms with E-state index in [-0.39, 0.29) is 0 Å². The molecule has 3 aromatic heterocycles. The second kappa shape index (κ2) is 23.8. The zero-order chi connectivity index (χ0) is 61.3. The molecule has 0 saturated carbocycles. The van der Waals surface area contributed by atoms with Crippen LogP contribution in [0.15, 0.2) is 352 Å². The SMILES string of the molecule is N#Cc1c(-n2c3ccc(N(c4ccccc4)c4ccccc4)cc3c3cc(N(c4ccccc4)c4ccccc4)ccc32)cc(-c2cccnc2)cc1-n1c2ccc(N(c3ccccc3)c3ccccc3)cc2c2cc(N(c3ccccc3)c3ccccc3)ccc21. The summed E-state index contributed by atoms with van der Waals surface area (Å²) in [4.78, 5) is 13.9. The maximum Gasteiger partial charge on any atom is 0.104 e. The van der Waals surface area contributed by atoms with Gasteiger partial charge in [-0.3, -0.25) is 4.98 Å². The van der Waals surface area contributed by atoms with E-state index in [4.69, 9.17) is 4.98 Å². The second-order valence-electron chi connectivity index (χ2n) is 22.7. The summed E-state index contributed by atoms with van der Waals surface area (Å²) in [5.41, 5.74) is 19.8. The Labute approximate surface area is 534 Å². The number of hydrogen-bond acceptors (Lipinski definition) is 6. The number of benzene rings is 13. The number of anilines is 12. The highest BCUT2D eigenvalue weighted by molar-refractivity contribution is 6.14. The van der Waals surface area contributed by atoms with Gasteiger partial charge in [0.1, 0.15) is 11.6 Å². The predicted molar refractivity (Wildman–Crippen MR) is 382 cm³/mol. The summed E-state index contributed by atoms with van der Waals surface area (Å²) >= 11 is 0. The normalized spacial score (nSPS) is 11.2. The Morgan fingerprint density at radius 3 is 0.717 bits per heavy atom. The topological polar surface area (TPSA) is 59.5 Å². The molecule has 0 atom stereocenters. The first-order valence-corrected chi connectivity index (χ1v) is 30.9. The minimum atomic E-state index is 0.507. The van der Waals surface area contributed by atoms with Gasteiger partial charge in [0.05, 0.1) is 33.4 Å². The molecule has 0 N–H and O–H groups in total. The van der Waals surface area contributed by atoms with Crippen molar-refractivity contribution in [2.75, 3.05) is 19.6 Å². The van der Waals surface area contributed by atoms with E-state index in [0.717, 1.165) is 134 Å². The Bertz CT molecular complexity index is 4580. The predicted octanol–water partition coefficient (Wildman–Crippen LogP) is 22.7. The molecule has 0 amide bonds. The van der Waals surface area contributed by atoms with Crippen LogP contribution in [0, 0.1) is 11.3 Å². The van der Waals surface area contributed by atoms with Crippen molar-refractivity contribution >= 4 is 112 Å². The lowest BCUT2D eigenvalue weighted by molar-refractivity contribution is 1.12. The number of hydrogen-bond donors (Lipinski definition) is 0. The molecule has 0 aliphatic rings. The van der Waals surface area contributed by atoms with Gasteiger partial charge in [0.2, 0.25) is 0 Å². The number of pyridine rings is 1. The van der Waals surface area contributed by atoms with Gasteiger partial charge < -0.3 is 28.7 Å².